The third-order valence-corrected chi connectivity index (χ3v) is 4.09. The van der Waals surface area contributed by atoms with E-state index in [-0.39, 0.29) is 0 Å². The normalized spacial score (nSPS) is 10.7. The molecule has 4 nitrogen and oxygen atoms in total. The van der Waals surface area contributed by atoms with Gasteiger partial charge in [-0.2, -0.15) is 0 Å². The van der Waals surface area contributed by atoms with Crippen molar-refractivity contribution < 1.29 is 0 Å². The van der Waals surface area contributed by atoms with Gasteiger partial charge in [0.15, 0.2) is 11.6 Å². The van der Waals surface area contributed by atoms with Crippen LogP contribution in [0.25, 0.3) is 11.0 Å². The van der Waals surface area contributed by atoms with Gasteiger partial charge in [-0.05, 0) is 46.6 Å². The van der Waals surface area contributed by atoms with Gasteiger partial charge in [0.2, 0.25) is 0 Å². The first-order chi connectivity index (χ1) is 9.65. The minimum Gasteiger partial charge on any atom is -0.381 e. The van der Waals surface area contributed by atoms with Gasteiger partial charge in [-0.1, -0.05) is 24.3 Å². The van der Waals surface area contributed by atoms with Crippen LogP contribution in [-0.2, 0) is 0 Å². The number of halogens is 1. The SMILES string of the molecule is Cc1cccc(Nc2nc3ccccc3nc2N)c1Br. The molecule has 5 heteroatoms. The van der Waals surface area contributed by atoms with Crippen LogP contribution in [0.5, 0.6) is 0 Å². The molecule has 0 radical (unpaired) electrons. The van der Waals surface area contributed by atoms with Crippen molar-refractivity contribution in [1.29, 1.82) is 0 Å². The molecule has 100 valence electrons. The van der Waals surface area contributed by atoms with Gasteiger partial charge >= 0.3 is 0 Å². The lowest BCUT2D eigenvalue weighted by Crippen LogP contribution is -2.03. The Hall–Kier alpha value is -2.14. The topological polar surface area (TPSA) is 63.8 Å². The van der Waals surface area contributed by atoms with Gasteiger partial charge in [0.05, 0.1) is 16.7 Å². The lowest BCUT2D eigenvalue weighted by atomic mass is 10.2. The number of hydrogen-bond donors (Lipinski definition) is 2. The first-order valence-electron chi connectivity index (χ1n) is 6.19. The van der Waals surface area contributed by atoms with E-state index in [4.69, 9.17) is 5.73 Å². The fourth-order valence-electron chi connectivity index (χ4n) is 1.98. The van der Waals surface area contributed by atoms with Crippen LogP contribution in [0.3, 0.4) is 0 Å². The molecule has 3 N–H and O–H groups in total. The van der Waals surface area contributed by atoms with Crippen molar-refractivity contribution in [1.82, 2.24) is 9.97 Å². The number of aromatic nitrogens is 2. The Balaban J connectivity index is 2.06. The molecule has 3 aromatic rings. The average molecular weight is 329 g/mol. The van der Waals surface area contributed by atoms with E-state index in [0.717, 1.165) is 26.8 Å². The maximum Gasteiger partial charge on any atom is 0.174 e. The molecule has 0 aliphatic heterocycles. The number of fused-ring (bicyclic) bond motifs is 1. The molecule has 0 saturated heterocycles. The monoisotopic (exact) mass is 328 g/mol. The highest BCUT2D eigenvalue weighted by molar-refractivity contribution is 9.10. The molecule has 0 aliphatic rings. The van der Waals surface area contributed by atoms with Crippen LogP contribution in [0.2, 0.25) is 0 Å². The second-order valence-electron chi connectivity index (χ2n) is 4.51. The fourth-order valence-corrected chi connectivity index (χ4v) is 2.34. The van der Waals surface area contributed by atoms with Crippen molar-refractivity contribution in [2.24, 2.45) is 0 Å². The minimum absolute atomic E-state index is 0.386. The molecule has 0 saturated carbocycles. The Kier molecular flexibility index (Phi) is 3.28. The van der Waals surface area contributed by atoms with E-state index in [2.05, 4.69) is 31.2 Å². The summed E-state index contributed by atoms with van der Waals surface area (Å²) < 4.78 is 0.995. The summed E-state index contributed by atoms with van der Waals surface area (Å²) in [6, 6.07) is 13.6. The van der Waals surface area contributed by atoms with Gasteiger partial charge in [-0.3, -0.25) is 0 Å². The molecule has 1 heterocycles. The number of anilines is 3. The van der Waals surface area contributed by atoms with E-state index in [1.54, 1.807) is 0 Å². The van der Waals surface area contributed by atoms with Crippen LogP contribution in [0.1, 0.15) is 5.56 Å². The number of nitrogen functional groups attached to an aromatic ring is 1. The molecule has 2 aromatic carbocycles. The molecule has 0 aliphatic carbocycles. The lowest BCUT2D eigenvalue weighted by Gasteiger charge is -2.11. The summed E-state index contributed by atoms with van der Waals surface area (Å²) in [5.74, 6) is 0.951. The first-order valence-corrected chi connectivity index (χ1v) is 6.99. The molecule has 20 heavy (non-hydrogen) atoms. The predicted molar refractivity (Wildman–Crippen MR) is 86.1 cm³/mol. The number of nitrogens with two attached hydrogens (primary N) is 1. The Bertz CT molecular complexity index is 786. The number of aryl methyl sites for hydroxylation is 1. The zero-order chi connectivity index (χ0) is 14.1. The highest BCUT2D eigenvalue weighted by Gasteiger charge is 2.08. The summed E-state index contributed by atoms with van der Waals surface area (Å²) in [4.78, 5) is 8.88. The molecule has 0 amide bonds. The third-order valence-electron chi connectivity index (χ3n) is 3.04. The summed E-state index contributed by atoms with van der Waals surface area (Å²) in [5.41, 5.74) is 9.63. The molecule has 0 unspecified atom stereocenters. The molecule has 0 atom stereocenters. The summed E-state index contributed by atoms with van der Waals surface area (Å²) in [6.07, 6.45) is 0. The fraction of sp³-hybridized carbons (Fsp3) is 0.0667. The lowest BCUT2D eigenvalue weighted by molar-refractivity contribution is 1.28. The van der Waals surface area contributed by atoms with Crippen molar-refractivity contribution in [3.63, 3.8) is 0 Å². The number of hydrogen-bond acceptors (Lipinski definition) is 4. The van der Waals surface area contributed by atoms with Crippen molar-refractivity contribution >= 4 is 44.3 Å². The Morgan fingerprint density at radius 1 is 1.00 bits per heavy atom. The predicted octanol–water partition coefficient (Wildman–Crippen LogP) is 4.03. The third kappa shape index (κ3) is 2.32. The van der Waals surface area contributed by atoms with E-state index in [1.165, 1.54) is 0 Å². The van der Waals surface area contributed by atoms with Crippen molar-refractivity contribution in [3.05, 3.63) is 52.5 Å². The standard InChI is InChI=1S/C15H13BrN4/c1-9-5-4-8-12(13(9)16)20-15-14(17)18-10-6-2-3-7-11(10)19-15/h2-8H,1H3,(H2,17,18)(H,19,20). The maximum absolute atomic E-state index is 5.97. The van der Waals surface area contributed by atoms with Gasteiger partial charge in [-0.25, -0.2) is 9.97 Å². The smallest absolute Gasteiger partial charge is 0.174 e. The van der Waals surface area contributed by atoms with E-state index < -0.39 is 0 Å². The van der Waals surface area contributed by atoms with E-state index in [0.29, 0.717) is 11.6 Å². The number of para-hydroxylation sites is 2. The average Bonchev–Trinajstić information content (AvgIpc) is 2.44. The van der Waals surface area contributed by atoms with Crippen LogP contribution >= 0.6 is 15.9 Å². The van der Waals surface area contributed by atoms with E-state index >= 15 is 0 Å². The minimum atomic E-state index is 0.386. The quantitative estimate of drug-likeness (QED) is 0.745. The van der Waals surface area contributed by atoms with Crippen molar-refractivity contribution in [3.8, 4) is 0 Å². The van der Waals surface area contributed by atoms with Gasteiger partial charge in [0, 0.05) is 4.47 Å². The molecule has 0 fully saturated rings. The number of nitrogens with zero attached hydrogens (tertiary/aromatic N) is 2. The number of rotatable bonds is 2. The van der Waals surface area contributed by atoms with Crippen LogP contribution in [-0.4, -0.2) is 9.97 Å². The van der Waals surface area contributed by atoms with Crippen molar-refractivity contribution in [2.75, 3.05) is 11.1 Å². The van der Waals surface area contributed by atoms with E-state index in [1.807, 2.05) is 49.4 Å². The van der Waals surface area contributed by atoms with Gasteiger partial charge < -0.3 is 11.1 Å². The van der Waals surface area contributed by atoms with E-state index in [9.17, 15) is 0 Å². The van der Waals surface area contributed by atoms with Crippen LogP contribution in [0.4, 0.5) is 17.3 Å². The molecule has 3 rings (SSSR count). The molecular weight excluding hydrogens is 316 g/mol. The zero-order valence-electron chi connectivity index (χ0n) is 10.9. The highest BCUT2D eigenvalue weighted by Crippen LogP contribution is 2.30. The Labute approximate surface area is 125 Å². The van der Waals surface area contributed by atoms with Gasteiger partial charge in [0.25, 0.3) is 0 Å². The Morgan fingerprint density at radius 3 is 2.45 bits per heavy atom. The highest BCUT2D eigenvalue weighted by atomic mass is 79.9. The first kappa shape index (κ1) is 12.9. The van der Waals surface area contributed by atoms with Crippen molar-refractivity contribution in [2.45, 2.75) is 6.92 Å². The number of benzene rings is 2. The largest absolute Gasteiger partial charge is 0.381 e. The Morgan fingerprint density at radius 2 is 1.70 bits per heavy atom. The summed E-state index contributed by atoms with van der Waals surface area (Å²) in [7, 11) is 0. The van der Waals surface area contributed by atoms with Crippen LogP contribution in [0.15, 0.2) is 46.9 Å². The van der Waals surface area contributed by atoms with Crippen LogP contribution < -0.4 is 11.1 Å². The van der Waals surface area contributed by atoms with Crippen LogP contribution in [0, 0.1) is 6.92 Å². The number of nitrogens with one attached hydrogen (secondary N) is 1. The summed E-state index contributed by atoms with van der Waals surface area (Å²) in [5, 5.41) is 3.23. The summed E-state index contributed by atoms with van der Waals surface area (Å²) in [6.45, 7) is 2.03. The molecule has 0 spiro atoms. The molecule has 0 bridgehead atoms. The summed E-state index contributed by atoms with van der Waals surface area (Å²) >= 11 is 3.56. The molecule has 1 aromatic heterocycles. The molecular formula is C15H13BrN4. The zero-order valence-corrected chi connectivity index (χ0v) is 12.5. The maximum atomic E-state index is 5.97. The second-order valence-corrected chi connectivity index (χ2v) is 5.30. The van der Waals surface area contributed by atoms with Gasteiger partial charge in [-0.15, -0.1) is 0 Å². The second kappa shape index (κ2) is 5.09. The van der Waals surface area contributed by atoms with Gasteiger partial charge in [0.1, 0.15) is 0 Å².